The molecule has 0 spiro atoms. The minimum absolute atomic E-state index is 0.154. The van der Waals surface area contributed by atoms with Crippen LogP contribution in [0.3, 0.4) is 0 Å². The molecule has 2 aromatic rings. The molecular formula is C21H25ClN2O2. The minimum atomic E-state index is -0.154. The third-order valence-electron chi connectivity index (χ3n) is 4.57. The molecule has 0 radical (unpaired) electrons. The SMILES string of the molecule is CC1CN(Cc2ccccc2CNC(=O)c2ccccc2Cl)CC(C)O1. The fourth-order valence-corrected chi connectivity index (χ4v) is 3.68. The lowest BCUT2D eigenvalue weighted by molar-refractivity contribution is -0.0705. The molecule has 5 heteroatoms. The highest BCUT2D eigenvalue weighted by atomic mass is 35.5. The topological polar surface area (TPSA) is 41.6 Å². The van der Waals surface area contributed by atoms with Gasteiger partial charge in [0.1, 0.15) is 0 Å². The summed E-state index contributed by atoms with van der Waals surface area (Å²) in [6.45, 7) is 7.40. The summed E-state index contributed by atoms with van der Waals surface area (Å²) >= 11 is 6.11. The van der Waals surface area contributed by atoms with Gasteiger partial charge in [-0.15, -0.1) is 0 Å². The van der Waals surface area contributed by atoms with E-state index in [1.54, 1.807) is 12.1 Å². The monoisotopic (exact) mass is 372 g/mol. The molecule has 4 nitrogen and oxygen atoms in total. The lowest BCUT2D eigenvalue weighted by Crippen LogP contribution is -2.45. The first kappa shape index (κ1) is 18.9. The number of rotatable bonds is 5. The summed E-state index contributed by atoms with van der Waals surface area (Å²) in [7, 11) is 0. The molecular weight excluding hydrogens is 348 g/mol. The Morgan fingerprint density at radius 3 is 2.38 bits per heavy atom. The predicted octanol–water partition coefficient (Wildman–Crippen LogP) is 3.88. The molecule has 1 heterocycles. The van der Waals surface area contributed by atoms with E-state index in [0.717, 1.165) is 25.2 Å². The number of hydrogen-bond acceptors (Lipinski definition) is 3. The average Bonchev–Trinajstić information content (AvgIpc) is 2.60. The molecule has 0 aliphatic carbocycles. The summed E-state index contributed by atoms with van der Waals surface area (Å²) in [6.07, 6.45) is 0.483. The Labute approximate surface area is 160 Å². The smallest absolute Gasteiger partial charge is 0.253 e. The third kappa shape index (κ3) is 4.85. The van der Waals surface area contributed by atoms with Gasteiger partial charge in [0.05, 0.1) is 22.8 Å². The Hall–Kier alpha value is -1.88. The Kier molecular flexibility index (Phi) is 6.30. The van der Waals surface area contributed by atoms with Crippen LogP contribution in [0.2, 0.25) is 5.02 Å². The van der Waals surface area contributed by atoms with Gasteiger partial charge in [0, 0.05) is 26.2 Å². The molecule has 0 saturated carbocycles. The molecule has 0 aromatic heterocycles. The molecule has 1 fully saturated rings. The van der Waals surface area contributed by atoms with Crippen LogP contribution in [0, 0.1) is 0 Å². The van der Waals surface area contributed by atoms with Crippen LogP contribution >= 0.6 is 11.6 Å². The summed E-state index contributed by atoms with van der Waals surface area (Å²) in [6, 6.07) is 15.3. The minimum Gasteiger partial charge on any atom is -0.373 e. The highest BCUT2D eigenvalue weighted by Crippen LogP contribution is 2.18. The fourth-order valence-electron chi connectivity index (χ4n) is 3.45. The first-order valence-electron chi connectivity index (χ1n) is 9.00. The summed E-state index contributed by atoms with van der Waals surface area (Å²) in [5.41, 5.74) is 2.86. The van der Waals surface area contributed by atoms with Gasteiger partial charge in [-0.3, -0.25) is 9.69 Å². The maximum absolute atomic E-state index is 12.4. The van der Waals surface area contributed by atoms with Crippen LogP contribution in [0.1, 0.15) is 35.3 Å². The highest BCUT2D eigenvalue weighted by molar-refractivity contribution is 6.33. The van der Waals surface area contributed by atoms with Crippen LogP contribution < -0.4 is 5.32 Å². The van der Waals surface area contributed by atoms with Gasteiger partial charge in [-0.25, -0.2) is 0 Å². The van der Waals surface area contributed by atoms with Gasteiger partial charge in [-0.05, 0) is 37.1 Å². The molecule has 26 heavy (non-hydrogen) atoms. The second-order valence-corrected chi connectivity index (χ2v) is 7.29. The summed E-state index contributed by atoms with van der Waals surface area (Å²) in [4.78, 5) is 14.8. The summed E-state index contributed by atoms with van der Waals surface area (Å²) < 4.78 is 5.81. The standard InChI is InChI=1S/C21H25ClN2O2/c1-15-12-24(13-16(2)26-15)14-18-8-4-3-7-17(18)11-23-21(25)19-9-5-6-10-20(19)22/h3-10,15-16H,11-14H2,1-2H3,(H,23,25). The van der Waals surface area contributed by atoms with E-state index >= 15 is 0 Å². The van der Waals surface area contributed by atoms with Crippen molar-refractivity contribution in [2.75, 3.05) is 13.1 Å². The van der Waals surface area contributed by atoms with Crippen molar-refractivity contribution in [1.82, 2.24) is 10.2 Å². The van der Waals surface area contributed by atoms with Gasteiger partial charge in [0.25, 0.3) is 5.91 Å². The van der Waals surface area contributed by atoms with E-state index in [4.69, 9.17) is 16.3 Å². The number of nitrogens with zero attached hydrogens (tertiary/aromatic N) is 1. The van der Waals surface area contributed by atoms with Crippen molar-refractivity contribution in [2.45, 2.75) is 39.1 Å². The van der Waals surface area contributed by atoms with Gasteiger partial charge in [0.2, 0.25) is 0 Å². The predicted molar refractivity (Wildman–Crippen MR) is 104 cm³/mol. The zero-order valence-electron chi connectivity index (χ0n) is 15.2. The molecule has 3 rings (SSSR count). The van der Waals surface area contributed by atoms with Crippen molar-refractivity contribution in [3.05, 3.63) is 70.2 Å². The number of amides is 1. The number of nitrogens with one attached hydrogen (secondary N) is 1. The van der Waals surface area contributed by atoms with Gasteiger partial charge in [0.15, 0.2) is 0 Å². The first-order chi connectivity index (χ1) is 12.5. The molecule has 2 atom stereocenters. The van der Waals surface area contributed by atoms with E-state index in [9.17, 15) is 4.79 Å². The molecule has 2 aromatic carbocycles. The van der Waals surface area contributed by atoms with Crippen LogP contribution in [0.15, 0.2) is 48.5 Å². The number of benzene rings is 2. The van der Waals surface area contributed by atoms with Gasteiger partial charge < -0.3 is 10.1 Å². The van der Waals surface area contributed by atoms with Crippen molar-refractivity contribution in [2.24, 2.45) is 0 Å². The van der Waals surface area contributed by atoms with Gasteiger partial charge in [-0.1, -0.05) is 48.0 Å². The molecule has 138 valence electrons. The normalized spacial score (nSPS) is 20.7. The number of morpholine rings is 1. The number of carbonyl (C=O) groups excluding carboxylic acids is 1. The first-order valence-corrected chi connectivity index (χ1v) is 9.38. The van der Waals surface area contributed by atoms with Crippen molar-refractivity contribution in [3.8, 4) is 0 Å². The highest BCUT2D eigenvalue weighted by Gasteiger charge is 2.22. The van der Waals surface area contributed by atoms with Gasteiger partial charge >= 0.3 is 0 Å². The maximum Gasteiger partial charge on any atom is 0.253 e. The lowest BCUT2D eigenvalue weighted by atomic mass is 10.1. The number of ether oxygens (including phenoxy) is 1. The second-order valence-electron chi connectivity index (χ2n) is 6.88. The van der Waals surface area contributed by atoms with Crippen LogP contribution in [-0.4, -0.2) is 36.1 Å². The van der Waals surface area contributed by atoms with Crippen molar-refractivity contribution >= 4 is 17.5 Å². The summed E-state index contributed by atoms with van der Waals surface area (Å²) in [5, 5.41) is 3.45. The van der Waals surface area contributed by atoms with E-state index in [2.05, 4.69) is 36.2 Å². The van der Waals surface area contributed by atoms with Crippen molar-refractivity contribution in [1.29, 1.82) is 0 Å². The Morgan fingerprint density at radius 2 is 1.69 bits per heavy atom. The van der Waals surface area contributed by atoms with E-state index in [1.165, 1.54) is 5.56 Å². The quantitative estimate of drug-likeness (QED) is 0.866. The molecule has 1 aliphatic heterocycles. The van der Waals surface area contributed by atoms with Crippen LogP contribution in [0.4, 0.5) is 0 Å². The number of hydrogen-bond donors (Lipinski definition) is 1. The largest absolute Gasteiger partial charge is 0.373 e. The maximum atomic E-state index is 12.4. The number of halogens is 1. The van der Waals surface area contributed by atoms with Crippen LogP contribution in [0.25, 0.3) is 0 Å². The fraction of sp³-hybridized carbons (Fsp3) is 0.381. The van der Waals surface area contributed by atoms with Crippen molar-refractivity contribution in [3.63, 3.8) is 0 Å². The molecule has 1 aliphatic rings. The molecule has 1 saturated heterocycles. The van der Waals surface area contributed by atoms with Gasteiger partial charge in [-0.2, -0.15) is 0 Å². The molecule has 1 amide bonds. The molecule has 2 unspecified atom stereocenters. The second kappa shape index (κ2) is 8.67. The van der Waals surface area contributed by atoms with E-state index in [0.29, 0.717) is 17.1 Å². The Bertz CT molecular complexity index is 755. The van der Waals surface area contributed by atoms with E-state index in [-0.39, 0.29) is 18.1 Å². The van der Waals surface area contributed by atoms with Crippen molar-refractivity contribution < 1.29 is 9.53 Å². The lowest BCUT2D eigenvalue weighted by Gasteiger charge is -2.35. The summed E-state index contributed by atoms with van der Waals surface area (Å²) in [5.74, 6) is -0.154. The zero-order valence-corrected chi connectivity index (χ0v) is 16.0. The third-order valence-corrected chi connectivity index (χ3v) is 4.90. The molecule has 0 bridgehead atoms. The van der Waals surface area contributed by atoms with Crippen LogP contribution in [-0.2, 0) is 17.8 Å². The Morgan fingerprint density at radius 1 is 1.08 bits per heavy atom. The van der Waals surface area contributed by atoms with Crippen LogP contribution in [0.5, 0.6) is 0 Å². The number of carbonyl (C=O) groups is 1. The Balaban J connectivity index is 1.66. The van der Waals surface area contributed by atoms with E-state index < -0.39 is 0 Å². The zero-order chi connectivity index (χ0) is 18.5. The average molecular weight is 373 g/mol. The van der Waals surface area contributed by atoms with E-state index in [1.807, 2.05) is 24.3 Å². The molecule has 1 N–H and O–H groups in total.